The van der Waals surface area contributed by atoms with Gasteiger partial charge in [0.25, 0.3) is 0 Å². The fraction of sp³-hybridized carbons (Fsp3) is 0.167. The topological polar surface area (TPSA) is 64.9 Å². The number of rotatable bonds is 4. The van der Waals surface area contributed by atoms with Crippen LogP contribution >= 0.6 is 0 Å². The zero-order valence-electron chi connectivity index (χ0n) is 13.5. The average molecular weight is 319 g/mol. The van der Waals surface area contributed by atoms with E-state index in [1.807, 2.05) is 38.4 Å². The molecule has 0 saturated carbocycles. The Morgan fingerprint density at radius 3 is 2.88 bits per heavy atom. The molecule has 0 atom stereocenters. The number of nitrogens with zero attached hydrogens (tertiary/aromatic N) is 4. The maximum Gasteiger partial charge on any atom is 0.143 e. The van der Waals surface area contributed by atoms with E-state index in [9.17, 15) is 0 Å². The molecule has 4 heterocycles. The normalized spacial score (nSPS) is 11.1. The van der Waals surface area contributed by atoms with Crippen LogP contribution in [0.4, 0.5) is 11.5 Å². The van der Waals surface area contributed by atoms with Crippen molar-refractivity contribution < 1.29 is 4.74 Å². The minimum atomic E-state index is 0.610. The third-order valence-corrected chi connectivity index (χ3v) is 3.94. The summed E-state index contributed by atoms with van der Waals surface area (Å²) in [6.07, 6.45) is 7.12. The van der Waals surface area contributed by atoms with Crippen molar-refractivity contribution in [1.82, 2.24) is 19.5 Å². The van der Waals surface area contributed by atoms with Crippen molar-refractivity contribution in [2.75, 3.05) is 11.9 Å². The van der Waals surface area contributed by atoms with E-state index >= 15 is 0 Å². The SMILES string of the molecule is CCOc1cncc(Nc2ccc3c4cnccc4n(C)c3n2)c1. The highest BCUT2D eigenvalue weighted by Crippen LogP contribution is 2.28. The second-order valence-electron chi connectivity index (χ2n) is 5.49. The number of pyridine rings is 3. The van der Waals surface area contributed by atoms with E-state index < -0.39 is 0 Å². The molecule has 0 bridgehead atoms. The maximum absolute atomic E-state index is 5.48. The van der Waals surface area contributed by atoms with E-state index in [-0.39, 0.29) is 0 Å². The molecule has 120 valence electrons. The Balaban J connectivity index is 1.74. The lowest BCUT2D eigenvalue weighted by molar-refractivity contribution is 0.339. The molecular weight excluding hydrogens is 302 g/mol. The summed E-state index contributed by atoms with van der Waals surface area (Å²) in [5, 5.41) is 5.48. The van der Waals surface area contributed by atoms with Gasteiger partial charge in [0.05, 0.1) is 30.2 Å². The highest BCUT2D eigenvalue weighted by Gasteiger charge is 2.10. The number of hydrogen-bond acceptors (Lipinski definition) is 5. The lowest BCUT2D eigenvalue weighted by atomic mass is 10.2. The van der Waals surface area contributed by atoms with E-state index in [1.165, 1.54) is 0 Å². The molecule has 1 N–H and O–H groups in total. The van der Waals surface area contributed by atoms with Gasteiger partial charge < -0.3 is 14.6 Å². The number of anilines is 2. The average Bonchev–Trinajstić information content (AvgIpc) is 2.89. The number of aromatic nitrogens is 4. The van der Waals surface area contributed by atoms with Gasteiger partial charge in [0.1, 0.15) is 17.2 Å². The van der Waals surface area contributed by atoms with Gasteiger partial charge in [0, 0.05) is 36.3 Å². The van der Waals surface area contributed by atoms with Crippen LogP contribution in [-0.2, 0) is 7.05 Å². The molecule has 24 heavy (non-hydrogen) atoms. The molecule has 0 radical (unpaired) electrons. The largest absolute Gasteiger partial charge is 0.492 e. The molecule has 0 spiro atoms. The summed E-state index contributed by atoms with van der Waals surface area (Å²) in [5.74, 6) is 1.50. The number of nitrogens with one attached hydrogen (secondary N) is 1. The van der Waals surface area contributed by atoms with Crippen LogP contribution in [-0.4, -0.2) is 26.1 Å². The van der Waals surface area contributed by atoms with Crippen LogP contribution in [0.15, 0.2) is 49.1 Å². The zero-order valence-corrected chi connectivity index (χ0v) is 13.5. The quantitative estimate of drug-likeness (QED) is 0.622. The number of hydrogen-bond donors (Lipinski definition) is 1. The minimum Gasteiger partial charge on any atom is -0.492 e. The fourth-order valence-corrected chi connectivity index (χ4v) is 2.87. The van der Waals surface area contributed by atoms with Gasteiger partial charge in [-0.05, 0) is 25.1 Å². The Morgan fingerprint density at radius 2 is 2.00 bits per heavy atom. The Kier molecular flexibility index (Phi) is 3.49. The lowest BCUT2D eigenvalue weighted by Gasteiger charge is -2.08. The molecule has 0 aliphatic carbocycles. The third-order valence-electron chi connectivity index (χ3n) is 3.94. The molecule has 0 amide bonds. The first-order valence-corrected chi connectivity index (χ1v) is 7.80. The predicted molar refractivity (Wildman–Crippen MR) is 94.7 cm³/mol. The number of fused-ring (bicyclic) bond motifs is 3. The summed E-state index contributed by atoms with van der Waals surface area (Å²) in [6.45, 7) is 2.56. The van der Waals surface area contributed by atoms with E-state index in [4.69, 9.17) is 9.72 Å². The van der Waals surface area contributed by atoms with Gasteiger partial charge in [-0.15, -0.1) is 0 Å². The molecule has 6 nitrogen and oxygen atoms in total. The van der Waals surface area contributed by atoms with Gasteiger partial charge in [0.15, 0.2) is 0 Å². The monoisotopic (exact) mass is 319 g/mol. The molecule has 0 saturated heterocycles. The van der Waals surface area contributed by atoms with Crippen molar-refractivity contribution >= 4 is 33.4 Å². The first-order chi connectivity index (χ1) is 11.8. The fourth-order valence-electron chi connectivity index (χ4n) is 2.87. The van der Waals surface area contributed by atoms with Crippen molar-refractivity contribution in [3.05, 3.63) is 49.1 Å². The smallest absolute Gasteiger partial charge is 0.143 e. The molecule has 4 aromatic rings. The van der Waals surface area contributed by atoms with Crippen molar-refractivity contribution in [3.63, 3.8) is 0 Å². The number of ether oxygens (including phenoxy) is 1. The summed E-state index contributed by atoms with van der Waals surface area (Å²) in [7, 11) is 2.01. The zero-order chi connectivity index (χ0) is 16.5. The van der Waals surface area contributed by atoms with Crippen LogP contribution < -0.4 is 10.1 Å². The van der Waals surface area contributed by atoms with Gasteiger partial charge in [-0.1, -0.05) is 0 Å². The first kappa shape index (κ1) is 14.4. The van der Waals surface area contributed by atoms with Crippen molar-refractivity contribution in [2.24, 2.45) is 7.05 Å². The van der Waals surface area contributed by atoms with Crippen LogP contribution in [0.5, 0.6) is 5.75 Å². The second kappa shape index (κ2) is 5.81. The Morgan fingerprint density at radius 1 is 1.08 bits per heavy atom. The highest BCUT2D eigenvalue weighted by atomic mass is 16.5. The van der Waals surface area contributed by atoms with Crippen LogP contribution in [0.2, 0.25) is 0 Å². The lowest BCUT2D eigenvalue weighted by Crippen LogP contribution is -1.98. The van der Waals surface area contributed by atoms with Gasteiger partial charge in [0.2, 0.25) is 0 Å². The molecule has 6 heteroatoms. The summed E-state index contributed by atoms with van der Waals surface area (Å²) in [4.78, 5) is 13.1. The first-order valence-electron chi connectivity index (χ1n) is 7.80. The van der Waals surface area contributed by atoms with Gasteiger partial charge >= 0.3 is 0 Å². The van der Waals surface area contributed by atoms with Gasteiger partial charge in [-0.2, -0.15) is 0 Å². The van der Waals surface area contributed by atoms with Crippen LogP contribution in [0.1, 0.15) is 6.92 Å². The van der Waals surface area contributed by atoms with Gasteiger partial charge in [-0.3, -0.25) is 9.97 Å². The molecule has 0 aromatic carbocycles. The Labute approximate surface area is 139 Å². The number of aryl methyl sites for hydroxylation is 1. The van der Waals surface area contributed by atoms with Crippen molar-refractivity contribution in [3.8, 4) is 5.75 Å². The summed E-state index contributed by atoms with van der Waals surface area (Å²) < 4.78 is 7.56. The Hall–Kier alpha value is -3.15. The van der Waals surface area contributed by atoms with E-state index in [2.05, 4.69) is 25.9 Å². The van der Waals surface area contributed by atoms with E-state index in [0.29, 0.717) is 6.61 Å². The van der Waals surface area contributed by atoms with E-state index in [1.54, 1.807) is 18.6 Å². The molecule has 0 aliphatic heterocycles. The van der Waals surface area contributed by atoms with Crippen LogP contribution in [0.25, 0.3) is 21.9 Å². The second-order valence-corrected chi connectivity index (χ2v) is 5.49. The van der Waals surface area contributed by atoms with E-state index in [0.717, 1.165) is 39.2 Å². The predicted octanol–water partition coefficient (Wildman–Crippen LogP) is 3.66. The summed E-state index contributed by atoms with van der Waals surface area (Å²) >= 11 is 0. The van der Waals surface area contributed by atoms with Crippen LogP contribution in [0.3, 0.4) is 0 Å². The molecular formula is C18H17N5O. The third kappa shape index (κ3) is 2.42. The minimum absolute atomic E-state index is 0.610. The molecule has 0 unspecified atom stereocenters. The summed E-state index contributed by atoms with van der Waals surface area (Å²) in [6, 6.07) is 7.93. The standard InChI is InChI=1S/C18H17N5O/c1-3-24-13-8-12(9-20-10-13)21-17-5-4-14-15-11-19-7-6-16(15)23(2)18(14)22-17/h4-11H,3H2,1-2H3,(H,21,22). The van der Waals surface area contributed by atoms with Gasteiger partial charge in [-0.25, -0.2) is 4.98 Å². The highest BCUT2D eigenvalue weighted by molar-refractivity contribution is 6.06. The molecule has 0 fully saturated rings. The maximum atomic E-state index is 5.48. The molecule has 0 aliphatic rings. The summed E-state index contributed by atoms with van der Waals surface area (Å²) in [5.41, 5.74) is 2.87. The molecule has 4 aromatic heterocycles. The molecule has 4 rings (SSSR count). The van der Waals surface area contributed by atoms with Crippen molar-refractivity contribution in [2.45, 2.75) is 6.92 Å². The Bertz CT molecular complexity index is 1020. The van der Waals surface area contributed by atoms with Crippen molar-refractivity contribution in [1.29, 1.82) is 0 Å². The van der Waals surface area contributed by atoms with Crippen LogP contribution in [0, 0.1) is 0 Å².